The molecule has 0 fully saturated rings. The number of halogens is 1. The average molecular weight is 272 g/mol. The fourth-order valence-electron chi connectivity index (χ4n) is 2.19. The van der Waals surface area contributed by atoms with Crippen molar-refractivity contribution in [3.63, 3.8) is 0 Å². The van der Waals surface area contributed by atoms with E-state index in [1.54, 1.807) is 16.9 Å². The summed E-state index contributed by atoms with van der Waals surface area (Å²) in [5.41, 5.74) is 7.71. The van der Waals surface area contributed by atoms with Crippen LogP contribution in [0.15, 0.2) is 36.8 Å². The van der Waals surface area contributed by atoms with E-state index in [-0.39, 0.29) is 18.1 Å². The number of nitrogens with zero attached hydrogens (tertiary/aromatic N) is 2. The quantitative estimate of drug-likeness (QED) is 0.762. The number of aromatic nitrogens is 3. The summed E-state index contributed by atoms with van der Waals surface area (Å²) in [4.78, 5) is 13.8. The zero-order valence-corrected chi connectivity index (χ0v) is 10.6. The molecule has 3 rings (SSSR count). The molecule has 0 bridgehead atoms. The minimum atomic E-state index is -0.357. The third-order valence-corrected chi connectivity index (χ3v) is 3.18. The van der Waals surface area contributed by atoms with Gasteiger partial charge in [0.15, 0.2) is 0 Å². The Labute approximate surface area is 114 Å². The molecule has 0 aliphatic carbocycles. The lowest BCUT2D eigenvalue weighted by Gasteiger charge is -1.97. The van der Waals surface area contributed by atoms with Crippen LogP contribution in [0.3, 0.4) is 0 Å². The van der Waals surface area contributed by atoms with E-state index in [1.807, 2.05) is 12.4 Å². The molecule has 1 aromatic carbocycles. The van der Waals surface area contributed by atoms with Crippen LogP contribution in [-0.2, 0) is 11.3 Å². The molecule has 0 spiro atoms. The molecule has 0 saturated carbocycles. The van der Waals surface area contributed by atoms with Crippen molar-refractivity contribution in [2.45, 2.75) is 13.0 Å². The molecule has 20 heavy (non-hydrogen) atoms. The highest BCUT2D eigenvalue weighted by atomic mass is 19.1. The van der Waals surface area contributed by atoms with Crippen LogP contribution in [-0.4, -0.2) is 20.7 Å². The third kappa shape index (κ3) is 2.27. The fraction of sp³-hybridized carbons (Fsp3) is 0.143. The zero-order chi connectivity index (χ0) is 14.1. The van der Waals surface area contributed by atoms with Gasteiger partial charge >= 0.3 is 0 Å². The Bertz CT molecular complexity index is 774. The molecule has 102 valence electrons. The number of amides is 1. The van der Waals surface area contributed by atoms with Crippen molar-refractivity contribution < 1.29 is 9.18 Å². The van der Waals surface area contributed by atoms with Gasteiger partial charge in [-0.1, -0.05) is 0 Å². The van der Waals surface area contributed by atoms with Gasteiger partial charge in [-0.3, -0.25) is 9.48 Å². The summed E-state index contributed by atoms with van der Waals surface area (Å²) >= 11 is 0. The summed E-state index contributed by atoms with van der Waals surface area (Å²) < 4.78 is 14.8. The molecule has 0 unspecified atom stereocenters. The maximum Gasteiger partial charge on any atom is 0.219 e. The van der Waals surface area contributed by atoms with Crippen LogP contribution < -0.4 is 5.73 Å². The Morgan fingerprint density at radius 1 is 1.45 bits per heavy atom. The zero-order valence-electron chi connectivity index (χ0n) is 10.6. The molecule has 0 aliphatic heterocycles. The van der Waals surface area contributed by atoms with Gasteiger partial charge in [0, 0.05) is 47.4 Å². The van der Waals surface area contributed by atoms with Gasteiger partial charge in [-0.2, -0.15) is 5.10 Å². The van der Waals surface area contributed by atoms with Crippen LogP contribution in [0.1, 0.15) is 6.42 Å². The Hall–Kier alpha value is -2.63. The number of aryl methyl sites for hydroxylation is 1. The first-order valence-corrected chi connectivity index (χ1v) is 6.21. The normalized spacial score (nSPS) is 11.1. The number of aromatic amines is 1. The van der Waals surface area contributed by atoms with Crippen molar-refractivity contribution >= 4 is 16.8 Å². The molecule has 3 aromatic rings. The highest BCUT2D eigenvalue weighted by Crippen LogP contribution is 2.28. The molecule has 3 N–H and O–H groups in total. The molecule has 2 heterocycles. The predicted octanol–water partition coefficient (Wildman–Crippen LogP) is 2.05. The maximum absolute atomic E-state index is 13.1. The monoisotopic (exact) mass is 272 g/mol. The number of carbonyl (C=O) groups excluding carboxylic acids is 1. The summed E-state index contributed by atoms with van der Waals surface area (Å²) in [6.45, 7) is 0.451. The molecule has 1 amide bonds. The molecule has 6 heteroatoms. The summed E-state index contributed by atoms with van der Waals surface area (Å²) in [6.07, 6.45) is 5.63. The molecule has 2 aromatic heterocycles. The number of hydrogen-bond donors (Lipinski definition) is 2. The van der Waals surface area contributed by atoms with Crippen LogP contribution in [0, 0.1) is 5.82 Å². The van der Waals surface area contributed by atoms with E-state index in [4.69, 9.17) is 5.73 Å². The Morgan fingerprint density at radius 2 is 2.30 bits per heavy atom. The van der Waals surface area contributed by atoms with Crippen molar-refractivity contribution in [2.24, 2.45) is 5.73 Å². The number of H-pyrrole nitrogens is 1. The number of rotatable bonds is 4. The minimum Gasteiger partial charge on any atom is -0.370 e. The summed E-state index contributed by atoms with van der Waals surface area (Å²) in [5, 5.41) is 5.12. The van der Waals surface area contributed by atoms with Crippen LogP contribution in [0.25, 0.3) is 22.0 Å². The first-order valence-electron chi connectivity index (χ1n) is 6.21. The predicted molar refractivity (Wildman–Crippen MR) is 73.3 cm³/mol. The van der Waals surface area contributed by atoms with Crippen molar-refractivity contribution in [1.29, 1.82) is 0 Å². The number of hydrogen-bond acceptors (Lipinski definition) is 2. The first kappa shape index (κ1) is 12.4. The number of carbonyl (C=O) groups is 1. The smallest absolute Gasteiger partial charge is 0.219 e. The van der Waals surface area contributed by atoms with Gasteiger partial charge < -0.3 is 10.7 Å². The summed E-state index contributed by atoms with van der Waals surface area (Å²) in [5.74, 6) is -0.632. The van der Waals surface area contributed by atoms with E-state index >= 15 is 0 Å². The second kappa shape index (κ2) is 4.80. The van der Waals surface area contributed by atoms with Crippen molar-refractivity contribution in [3.8, 4) is 11.1 Å². The lowest BCUT2D eigenvalue weighted by molar-refractivity contribution is -0.118. The van der Waals surface area contributed by atoms with Gasteiger partial charge in [0.05, 0.1) is 6.20 Å². The number of benzene rings is 1. The number of fused-ring (bicyclic) bond motifs is 1. The number of nitrogens with one attached hydrogen (secondary N) is 1. The number of nitrogens with two attached hydrogens (primary N) is 1. The van der Waals surface area contributed by atoms with Crippen molar-refractivity contribution in [1.82, 2.24) is 14.8 Å². The van der Waals surface area contributed by atoms with Crippen LogP contribution in [0.2, 0.25) is 0 Å². The van der Waals surface area contributed by atoms with E-state index in [9.17, 15) is 9.18 Å². The highest BCUT2D eigenvalue weighted by molar-refractivity contribution is 5.95. The van der Waals surface area contributed by atoms with E-state index < -0.39 is 0 Å². The third-order valence-electron chi connectivity index (χ3n) is 3.18. The molecule has 5 nitrogen and oxygen atoms in total. The topological polar surface area (TPSA) is 76.7 Å². The molecular formula is C14H13FN4O. The summed E-state index contributed by atoms with van der Waals surface area (Å²) in [7, 11) is 0. The highest BCUT2D eigenvalue weighted by Gasteiger charge is 2.09. The standard InChI is InChI=1S/C14H13FN4O/c15-10-1-2-11-12(7-17-13(11)5-10)9-6-18-19(8-9)4-3-14(16)20/h1-2,5-8,17H,3-4H2,(H2,16,20). The van der Waals surface area contributed by atoms with Crippen LogP contribution >= 0.6 is 0 Å². The molecule has 0 aliphatic rings. The van der Waals surface area contributed by atoms with Gasteiger partial charge in [0.1, 0.15) is 5.82 Å². The fourth-order valence-corrected chi connectivity index (χ4v) is 2.19. The van der Waals surface area contributed by atoms with E-state index in [2.05, 4.69) is 10.1 Å². The minimum absolute atomic E-state index is 0.250. The maximum atomic E-state index is 13.1. The average Bonchev–Trinajstić information content (AvgIpc) is 3.01. The van der Waals surface area contributed by atoms with Gasteiger partial charge in [-0.05, 0) is 18.2 Å². The molecule has 0 radical (unpaired) electrons. The largest absolute Gasteiger partial charge is 0.370 e. The van der Waals surface area contributed by atoms with Crippen LogP contribution in [0.5, 0.6) is 0 Å². The lowest BCUT2D eigenvalue weighted by Crippen LogP contribution is -2.13. The van der Waals surface area contributed by atoms with Gasteiger partial charge in [0.2, 0.25) is 5.91 Å². The SMILES string of the molecule is NC(=O)CCn1cc(-c2c[nH]c3cc(F)ccc23)cn1. The molecule has 0 atom stereocenters. The first-order chi connectivity index (χ1) is 9.63. The Morgan fingerprint density at radius 3 is 3.10 bits per heavy atom. The van der Waals surface area contributed by atoms with Crippen molar-refractivity contribution in [2.75, 3.05) is 0 Å². The second-order valence-corrected chi connectivity index (χ2v) is 4.60. The van der Waals surface area contributed by atoms with E-state index in [0.29, 0.717) is 6.54 Å². The van der Waals surface area contributed by atoms with Gasteiger partial charge in [0.25, 0.3) is 0 Å². The van der Waals surface area contributed by atoms with Gasteiger partial charge in [-0.25, -0.2) is 4.39 Å². The molecule has 0 saturated heterocycles. The van der Waals surface area contributed by atoms with E-state index in [1.165, 1.54) is 12.1 Å². The van der Waals surface area contributed by atoms with E-state index in [0.717, 1.165) is 22.0 Å². The van der Waals surface area contributed by atoms with Crippen LogP contribution in [0.4, 0.5) is 4.39 Å². The molecular weight excluding hydrogens is 259 g/mol. The van der Waals surface area contributed by atoms with Crippen molar-refractivity contribution in [3.05, 3.63) is 42.6 Å². The van der Waals surface area contributed by atoms with Gasteiger partial charge in [-0.15, -0.1) is 0 Å². The Balaban J connectivity index is 1.93. The second-order valence-electron chi connectivity index (χ2n) is 4.60. The Kier molecular flexibility index (Phi) is 2.98. The number of primary amides is 1. The summed E-state index contributed by atoms with van der Waals surface area (Å²) in [6, 6.07) is 4.62. The lowest BCUT2D eigenvalue weighted by atomic mass is 10.1.